The van der Waals surface area contributed by atoms with Gasteiger partial charge in [-0.15, -0.1) is 11.8 Å². The number of hydrogen-bond acceptors (Lipinski definition) is 4. The summed E-state index contributed by atoms with van der Waals surface area (Å²) < 4.78 is 5.64. The van der Waals surface area contributed by atoms with E-state index < -0.39 is 11.9 Å². The van der Waals surface area contributed by atoms with Crippen molar-refractivity contribution in [2.75, 3.05) is 12.9 Å². The molecular weight excluding hydrogens is 328 g/mol. The molecule has 0 aliphatic heterocycles. The van der Waals surface area contributed by atoms with Crippen LogP contribution in [-0.2, 0) is 14.3 Å². The fraction of sp³-hybridized carbons (Fsp3) is 0.429. The van der Waals surface area contributed by atoms with Gasteiger partial charge in [0, 0.05) is 9.37 Å². The molecule has 3 nitrogen and oxygen atoms in total. The molecule has 0 saturated carbocycles. The predicted octanol–water partition coefficient (Wildman–Crippen LogP) is 3.56. The summed E-state index contributed by atoms with van der Waals surface area (Å²) in [4.78, 5) is 24.7. The van der Waals surface area contributed by atoms with Gasteiger partial charge in [0.25, 0.3) is 0 Å². The Morgan fingerprint density at radius 3 is 2.47 bits per heavy atom. The number of carbonyl (C=O) groups excluding carboxylic acids is 2. The Hall–Kier alpha value is -0.810. The van der Waals surface area contributed by atoms with E-state index in [9.17, 15) is 9.59 Å². The minimum atomic E-state index is -0.681. The summed E-state index contributed by atoms with van der Waals surface area (Å²) in [5.74, 6) is -1.02. The van der Waals surface area contributed by atoms with Crippen molar-refractivity contribution in [3.8, 4) is 0 Å². The largest absolute Gasteiger partial charge is 0.468 e. The predicted molar refractivity (Wildman–Crippen MR) is 80.2 cm³/mol. The second kappa shape index (κ2) is 7.70. The van der Waals surface area contributed by atoms with Crippen LogP contribution in [0.2, 0.25) is 0 Å². The Morgan fingerprint density at radius 1 is 1.32 bits per heavy atom. The molecule has 0 bridgehead atoms. The second-order valence-corrected chi connectivity index (χ2v) is 6.30. The van der Waals surface area contributed by atoms with Gasteiger partial charge in [0.1, 0.15) is 5.92 Å². The third-order valence-corrected chi connectivity index (χ3v) is 4.73. The Bertz CT molecular complexity index is 460. The molecule has 0 saturated heterocycles. The fourth-order valence-electron chi connectivity index (χ4n) is 1.70. The molecule has 1 atom stereocenters. The molecule has 0 aromatic heterocycles. The molecule has 1 rings (SSSR count). The first kappa shape index (κ1) is 16.2. The minimum Gasteiger partial charge on any atom is -0.468 e. The highest BCUT2D eigenvalue weighted by molar-refractivity contribution is 9.10. The number of hydrogen-bond donors (Lipinski definition) is 0. The average Bonchev–Trinajstić information content (AvgIpc) is 2.37. The summed E-state index contributed by atoms with van der Waals surface area (Å²) >= 11 is 4.86. The minimum absolute atomic E-state index is 0.0558. The summed E-state index contributed by atoms with van der Waals surface area (Å²) in [5.41, 5.74) is 0. The van der Waals surface area contributed by atoms with Crippen LogP contribution in [0.4, 0.5) is 0 Å². The molecular formula is C14H17BrO3S. The van der Waals surface area contributed by atoms with Crippen molar-refractivity contribution in [1.29, 1.82) is 0 Å². The van der Waals surface area contributed by atoms with Crippen molar-refractivity contribution >= 4 is 39.4 Å². The molecule has 1 unspecified atom stereocenters. The third-order valence-electron chi connectivity index (χ3n) is 2.68. The normalized spacial score (nSPS) is 12.3. The average molecular weight is 345 g/mol. The van der Waals surface area contributed by atoms with Gasteiger partial charge in [0.05, 0.1) is 12.9 Å². The number of ether oxygens (including phenoxy) is 1. The van der Waals surface area contributed by atoms with E-state index in [-0.39, 0.29) is 17.5 Å². The van der Waals surface area contributed by atoms with E-state index in [1.165, 1.54) is 18.9 Å². The Morgan fingerprint density at radius 2 is 1.95 bits per heavy atom. The van der Waals surface area contributed by atoms with Gasteiger partial charge in [-0.25, -0.2) is 0 Å². The lowest BCUT2D eigenvalue weighted by atomic mass is 9.92. The molecule has 0 aliphatic rings. The maximum Gasteiger partial charge on any atom is 0.316 e. The zero-order chi connectivity index (χ0) is 14.4. The summed E-state index contributed by atoms with van der Waals surface area (Å²) in [6.45, 7) is 3.70. The lowest BCUT2D eigenvalue weighted by molar-refractivity contribution is -0.150. The number of Topliss-reactive ketones (excluding diaryl/α,β-unsaturated/α-hetero) is 1. The first-order valence-electron chi connectivity index (χ1n) is 5.95. The van der Waals surface area contributed by atoms with Crippen molar-refractivity contribution < 1.29 is 14.3 Å². The highest BCUT2D eigenvalue weighted by Gasteiger charge is 2.30. The smallest absolute Gasteiger partial charge is 0.316 e. The number of benzene rings is 1. The molecule has 0 amide bonds. The SMILES string of the molecule is COC(=O)C(C(=O)CSc1ccccc1Br)C(C)C. The second-order valence-electron chi connectivity index (χ2n) is 4.43. The number of rotatable bonds is 6. The summed E-state index contributed by atoms with van der Waals surface area (Å²) in [6, 6.07) is 7.69. The standard InChI is InChI=1S/C14H17BrO3S/c1-9(2)13(14(17)18-3)11(16)8-19-12-7-5-4-6-10(12)15/h4-7,9,13H,8H2,1-3H3. The molecule has 0 radical (unpaired) electrons. The molecule has 0 spiro atoms. The van der Waals surface area contributed by atoms with Crippen LogP contribution in [0.3, 0.4) is 0 Å². The van der Waals surface area contributed by atoms with Crippen molar-refractivity contribution in [3.63, 3.8) is 0 Å². The van der Waals surface area contributed by atoms with Crippen LogP contribution >= 0.6 is 27.7 Å². The van der Waals surface area contributed by atoms with Crippen LogP contribution in [0.25, 0.3) is 0 Å². The highest BCUT2D eigenvalue weighted by Crippen LogP contribution is 2.28. The topological polar surface area (TPSA) is 43.4 Å². The number of methoxy groups -OCH3 is 1. The van der Waals surface area contributed by atoms with E-state index in [1.54, 1.807) is 0 Å². The molecule has 19 heavy (non-hydrogen) atoms. The molecule has 0 N–H and O–H groups in total. The fourth-order valence-corrected chi connectivity index (χ4v) is 3.19. The van der Waals surface area contributed by atoms with Crippen LogP contribution < -0.4 is 0 Å². The lowest BCUT2D eigenvalue weighted by Gasteiger charge is -2.16. The summed E-state index contributed by atoms with van der Waals surface area (Å²) in [7, 11) is 1.31. The van der Waals surface area contributed by atoms with Gasteiger partial charge in [-0.1, -0.05) is 26.0 Å². The maximum atomic E-state index is 12.1. The van der Waals surface area contributed by atoms with Gasteiger partial charge >= 0.3 is 5.97 Å². The molecule has 1 aromatic carbocycles. The molecule has 0 heterocycles. The quantitative estimate of drug-likeness (QED) is 0.449. The van der Waals surface area contributed by atoms with Gasteiger partial charge in [-0.3, -0.25) is 9.59 Å². The molecule has 0 aliphatic carbocycles. The van der Waals surface area contributed by atoms with Crippen LogP contribution in [-0.4, -0.2) is 24.6 Å². The number of esters is 1. The van der Waals surface area contributed by atoms with Crippen molar-refractivity contribution in [3.05, 3.63) is 28.7 Å². The van der Waals surface area contributed by atoms with Gasteiger partial charge in [0.15, 0.2) is 5.78 Å². The summed E-state index contributed by atoms with van der Waals surface area (Å²) in [5, 5.41) is 0. The lowest BCUT2D eigenvalue weighted by Crippen LogP contribution is -2.31. The Labute approximate surface area is 126 Å². The van der Waals surface area contributed by atoms with E-state index in [2.05, 4.69) is 15.9 Å². The number of halogens is 1. The van der Waals surface area contributed by atoms with Crippen molar-refractivity contribution in [2.45, 2.75) is 18.7 Å². The van der Waals surface area contributed by atoms with E-state index in [4.69, 9.17) is 4.74 Å². The van der Waals surface area contributed by atoms with Gasteiger partial charge in [-0.05, 0) is 34.0 Å². The first-order valence-corrected chi connectivity index (χ1v) is 7.73. The van der Waals surface area contributed by atoms with Crippen molar-refractivity contribution in [1.82, 2.24) is 0 Å². The molecule has 5 heteroatoms. The number of ketones is 1. The molecule has 0 fully saturated rings. The van der Waals surface area contributed by atoms with Crippen molar-refractivity contribution in [2.24, 2.45) is 11.8 Å². The van der Waals surface area contributed by atoms with Crippen LogP contribution in [0, 0.1) is 11.8 Å². The zero-order valence-corrected chi connectivity index (χ0v) is 13.6. The molecule has 104 valence electrons. The van der Waals surface area contributed by atoms with Crippen LogP contribution in [0.5, 0.6) is 0 Å². The van der Waals surface area contributed by atoms with E-state index in [1.807, 2.05) is 38.1 Å². The van der Waals surface area contributed by atoms with Gasteiger partial charge < -0.3 is 4.74 Å². The Balaban J connectivity index is 2.68. The maximum absolute atomic E-state index is 12.1. The van der Waals surface area contributed by atoms with E-state index in [0.717, 1.165) is 9.37 Å². The number of carbonyl (C=O) groups is 2. The van der Waals surface area contributed by atoms with E-state index >= 15 is 0 Å². The zero-order valence-electron chi connectivity index (χ0n) is 11.2. The Kier molecular flexibility index (Phi) is 6.58. The highest BCUT2D eigenvalue weighted by atomic mass is 79.9. The number of thioether (sulfide) groups is 1. The van der Waals surface area contributed by atoms with Gasteiger partial charge in [-0.2, -0.15) is 0 Å². The van der Waals surface area contributed by atoms with Crippen LogP contribution in [0.15, 0.2) is 33.6 Å². The van der Waals surface area contributed by atoms with Gasteiger partial charge in [0.2, 0.25) is 0 Å². The molecule has 1 aromatic rings. The summed E-state index contributed by atoms with van der Waals surface area (Å²) in [6.07, 6.45) is 0. The monoisotopic (exact) mass is 344 g/mol. The van der Waals surface area contributed by atoms with E-state index in [0.29, 0.717) is 0 Å². The third kappa shape index (κ3) is 4.66. The first-order chi connectivity index (χ1) is 8.97. The van der Waals surface area contributed by atoms with Crippen LogP contribution in [0.1, 0.15) is 13.8 Å².